The second-order valence-corrected chi connectivity index (χ2v) is 4.06. The number of aliphatic imine (C=N–C) groups is 1. The van der Waals surface area contributed by atoms with E-state index in [1.807, 2.05) is 0 Å². The van der Waals surface area contributed by atoms with Gasteiger partial charge in [0.05, 0.1) is 6.54 Å². The lowest BCUT2D eigenvalue weighted by atomic mass is 10.1. The summed E-state index contributed by atoms with van der Waals surface area (Å²) in [5, 5.41) is 0. The largest absolute Gasteiger partial charge is 0.398 e. The van der Waals surface area contributed by atoms with Crippen LogP contribution in [0.25, 0.3) is 0 Å². The first-order chi connectivity index (χ1) is 8.65. The normalized spacial score (nSPS) is 12.0. The van der Waals surface area contributed by atoms with Crippen LogP contribution in [-0.4, -0.2) is 6.21 Å². The molecule has 0 unspecified atom stereocenters. The average Bonchev–Trinajstić information content (AvgIpc) is 2.36. The minimum atomic E-state index is -0.234. The van der Waals surface area contributed by atoms with Gasteiger partial charge in [-0.15, -0.1) is 0 Å². The Morgan fingerprint density at radius 1 is 1.44 bits per heavy atom. The molecule has 0 heterocycles. The topological polar surface area (TPSA) is 38.4 Å². The van der Waals surface area contributed by atoms with Crippen molar-refractivity contribution in [1.82, 2.24) is 0 Å². The molecule has 0 aliphatic heterocycles. The number of allylic oxidation sites excluding steroid dienone is 2. The van der Waals surface area contributed by atoms with Crippen molar-refractivity contribution in [3.63, 3.8) is 0 Å². The van der Waals surface area contributed by atoms with Crippen LogP contribution in [0.15, 0.2) is 53.2 Å². The summed E-state index contributed by atoms with van der Waals surface area (Å²) in [5.41, 5.74) is 7.93. The molecule has 1 aromatic rings. The second kappa shape index (κ2) is 7.43. The van der Waals surface area contributed by atoms with Crippen molar-refractivity contribution < 1.29 is 4.39 Å². The zero-order valence-electron chi connectivity index (χ0n) is 10.7. The molecule has 0 aliphatic carbocycles. The maximum atomic E-state index is 13.3. The van der Waals surface area contributed by atoms with E-state index in [0.717, 1.165) is 18.4 Å². The molecule has 3 heteroatoms. The van der Waals surface area contributed by atoms with Gasteiger partial charge in [0, 0.05) is 17.5 Å². The zero-order chi connectivity index (χ0) is 13.4. The molecule has 0 aliphatic rings. The van der Waals surface area contributed by atoms with Gasteiger partial charge in [-0.05, 0) is 24.1 Å². The van der Waals surface area contributed by atoms with Crippen LogP contribution >= 0.6 is 0 Å². The van der Waals surface area contributed by atoms with Gasteiger partial charge in [-0.25, -0.2) is 4.39 Å². The Morgan fingerprint density at radius 3 is 2.83 bits per heavy atom. The number of halogens is 1. The van der Waals surface area contributed by atoms with Crippen molar-refractivity contribution in [2.45, 2.75) is 26.3 Å². The standard InChI is InChI=1S/C15H19FN2/c1-3-6-12(2)15(17)9-10-18-11-13-7-4-5-8-14(13)16/h4-5,7-10H,2-3,6,11,17H2,1H3. The molecule has 2 nitrogen and oxygen atoms in total. The van der Waals surface area contributed by atoms with Crippen LogP contribution in [0.5, 0.6) is 0 Å². The number of hydrogen-bond donors (Lipinski definition) is 1. The monoisotopic (exact) mass is 246 g/mol. The van der Waals surface area contributed by atoms with E-state index in [2.05, 4.69) is 18.5 Å². The molecule has 1 aromatic carbocycles. The first-order valence-corrected chi connectivity index (χ1v) is 6.02. The highest BCUT2D eigenvalue weighted by molar-refractivity contribution is 5.73. The van der Waals surface area contributed by atoms with Crippen LogP contribution in [0.3, 0.4) is 0 Å². The van der Waals surface area contributed by atoms with Crippen molar-refractivity contribution in [2.75, 3.05) is 0 Å². The van der Waals surface area contributed by atoms with Gasteiger partial charge in [0.25, 0.3) is 0 Å². The SMILES string of the molecule is C=C(CCC)C(N)=CC=NCc1ccccc1F. The van der Waals surface area contributed by atoms with Crippen molar-refractivity contribution in [2.24, 2.45) is 10.7 Å². The molecule has 18 heavy (non-hydrogen) atoms. The number of nitrogens with two attached hydrogens (primary N) is 1. The molecular weight excluding hydrogens is 227 g/mol. The molecule has 0 spiro atoms. The van der Waals surface area contributed by atoms with E-state index in [9.17, 15) is 4.39 Å². The second-order valence-electron chi connectivity index (χ2n) is 4.06. The van der Waals surface area contributed by atoms with Crippen LogP contribution in [-0.2, 0) is 6.54 Å². The van der Waals surface area contributed by atoms with Gasteiger partial charge in [-0.1, -0.05) is 38.1 Å². The molecule has 1 rings (SSSR count). The van der Waals surface area contributed by atoms with Gasteiger partial charge in [-0.3, -0.25) is 4.99 Å². The molecule has 0 aromatic heterocycles. The van der Waals surface area contributed by atoms with Gasteiger partial charge >= 0.3 is 0 Å². The van der Waals surface area contributed by atoms with E-state index in [-0.39, 0.29) is 5.82 Å². The fraction of sp³-hybridized carbons (Fsp3) is 0.267. The van der Waals surface area contributed by atoms with Gasteiger partial charge in [0.15, 0.2) is 0 Å². The van der Waals surface area contributed by atoms with Crippen LogP contribution < -0.4 is 5.73 Å². The first-order valence-electron chi connectivity index (χ1n) is 6.02. The molecule has 0 amide bonds. The summed E-state index contributed by atoms with van der Waals surface area (Å²) in [5.74, 6) is -0.234. The van der Waals surface area contributed by atoms with Gasteiger partial charge < -0.3 is 5.73 Å². The fourth-order valence-corrected chi connectivity index (χ4v) is 1.47. The van der Waals surface area contributed by atoms with Crippen LogP contribution in [0, 0.1) is 5.82 Å². The highest BCUT2D eigenvalue weighted by Crippen LogP contribution is 2.09. The summed E-state index contributed by atoms with van der Waals surface area (Å²) in [4.78, 5) is 4.12. The molecule has 96 valence electrons. The minimum Gasteiger partial charge on any atom is -0.398 e. The number of nitrogens with zero attached hydrogens (tertiary/aromatic N) is 1. The summed E-state index contributed by atoms with van der Waals surface area (Å²) in [7, 11) is 0. The smallest absolute Gasteiger partial charge is 0.128 e. The van der Waals surface area contributed by atoms with Crippen molar-refractivity contribution in [3.05, 3.63) is 59.6 Å². The summed E-state index contributed by atoms with van der Waals surface area (Å²) >= 11 is 0. The summed E-state index contributed by atoms with van der Waals surface area (Å²) in [6, 6.07) is 6.60. The third kappa shape index (κ3) is 4.53. The van der Waals surface area contributed by atoms with Gasteiger partial charge in [0.2, 0.25) is 0 Å². The Balaban J connectivity index is 2.54. The van der Waals surface area contributed by atoms with E-state index in [4.69, 9.17) is 5.73 Å². The maximum absolute atomic E-state index is 13.3. The third-order valence-corrected chi connectivity index (χ3v) is 2.54. The summed E-state index contributed by atoms with van der Waals surface area (Å²) in [6.45, 7) is 6.27. The van der Waals surface area contributed by atoms with Crippen molar-refractivity contribution in [1.29, 1.82) is 0 Å². The predicted molar refractivity (Wildman–Crippen MR) is 74.9 cm³/mol. The molecule has 0 atom stereocenters. The van der Waals surface area contributed by atoms with Crippen LogP contribution in [0.1, 0.15) is 25.3 Å². The Labute approximate surface area is 108 Å². The van der Waals surface area contributed by atoms with Crippen LogP contribution in [0.2, 0.25) is 0 Å². The lowest BCUT2D eigenvalue weighted by Gasteiger charge is -2.02. The van der Waals surface area contributed by atoms with E-state index >= 15 is 0 Å². The molecule has 0 saturated heterocycles. The van der Waals surface area contributed by atoms with Gasteiger partial charge in [-0.2, -0.15) is 0 Å². The quantitative estimate of drug-likeness (QED) is 0.604. The highest BCUT2D eigenvalue weighted by Gasteiger charge is 1.97. The molecule has 0 radical (unpaired) electrons. The van der Waals surface area contributed by atoms with E-state index in [0.29, 0.717) is 17.8 Å². The maximum Gasteiger partial charge on any atom is 0.128 e. The predicted octanol–water partition coefficient (Wildman–Crippen LogP) is 3.60. The lowest BCUT2D eigenvalue weighted by molar-refractivity contribution is 0.611. The number of rotatable bonds is 6. The third-order valence-electron chi connectivity index (χ3n) is 2.54. The van der Waals surface area contributed by atoms with Gasteiger partial charge in [0.1, 0.15) is 5.82 Å². The molecular formula is C15H19FN2. The summed E-state index contributed by atoms with van der Waals surface area (Å²) in [6.07, 6.45) is 5.20. The summed E-state index contributed by atoms with van der Waals surface area (Å²) < 4.78 is 13.3. The van der Waals surface area contributed by atoms with E-state index < -0.39 is 0 Å². The molecule has 0 fully saturated rings. The Kier molecular flexibility index (Phi) is 5.85. The lowest BCUT2D eigenvalue weighted by Crippen LogP contribution is -2.00. The zero-order valence-corrected chi connectivity index (χ0v) is 10.7. The molecule has 2 N–H and O–H groups in total. The minimum absolute atomic E-state index is 0.234. The molecule has 0 saturated carbocycles. The van der Waals surface area contributed by atoms with Crippen LogP contribution in [0.4, 0.5) is 4.39 Å². The number of hydrogen-bond acceptors (Lipinski definition) is 2. The highest BCUT2D eigenvalue weighted by atomic mass is 19.1. The Morgan fingerprint density at radius 2 is 2.17 bits per heavy atom. The number of benzene rings is 1. The Bertz CT molecular complexity index is 461. The van der Waals surface area contributed by atoms with Crippen molar-refractivity contribution in [3.8, 4) is 0 Å². The van der Waals surface area contributed by atoms with E-state index in [1.54, 1.807) is 30.5 Å². The average molecular weight is 246 g/mol. The van der Waals surface area contributed by atoms with Crippen molar-refractivity contribution >= 4 is 6.21 Å². The van der Waals surface area contributed by atoms with E-state index in [1.165, 1.54) is 6.07 Å². The first kappa shape index (κ1) is 14.2. The fourth-order valence-electron chi connectivity index (χ4n) is 1.47. The Hall–Kier alpha value is -1.90. The molecule has 0 bridgehead atoms.